The summed E-state index contributed by atoms with van der Waals surface area (Å²) in [7, 11) is 0. The van der Waals surface area contributed by atoms with Crippen molar-refractivity contribution in [1.29, 1.82) is 0 Å². The van der Waals surface area contributed by atoms with Crippen LogP contribution in [0.4, 0.5) is 5.69 Å². The number of morpholine rings is 1. The highest BCUT2D eigenvalue weighted by Crippen LogP contribution is 2.39. The number of nitrogens with one attached hydrogen (secondary N) is 1. The molecular weight excluding hydrogens is 370 g/mol. The topological polar surface area (TPSA) is 71.1 Å². The van der Waals surface area contributed by atoms with E-state index in [0.29, 0.717) is 23.0 Å². The lowest BCUT2D eigenvalue weighted by molar-refractivity contribution is -0.132. The zero-order chi connectivity index (χ0) is 19.4. The largest absolute Gasteiger partial charge is 0.476 e. The predicted molar refractivity (Wildman–Crippen MR) is 103 cm³/mol. The Labute approximate surface area is 164 Å². The number of carbonyl (C=O) groups is 2. The second-order valence-corrected chi connectivity index (χ2v) is 7.67. The van der Waals surface area contributed by atoms with Crippen molar-refractivity contribution in [2.45, 2.75) is 25.9 Å². The predicted octanol–water partition coefficient (Wildman–Crippen LogP) is 1.68. The summed E-state index contributed by atoms with van der Waals surface area (Å²) in [6.45, 7) is 8.39. The normalized spacial score (nSPS) is 19.4. The molecule has 3 rings (SSSR count). The first-order chi connectivity index (χ1) is 12.9. The van der Waals surface area contributed by atoms with E-state index in [1.54, 1.807) is 36.9 Å². The minimum Gasteiger partial charge on any atom is -0.476 e. The van der Waals surface area contributed by atoms with Gasteiger partial charge in [-0.05, 0) is 32.0 Å². The summed E-state index contributed by atoms with van der Waals surface area (Å²) in [5, 5.41) is 3.44. The van der Waals surface area contributed by atoms with Crippen molar-refractivity contribution in [1.82, 2.24) is 10.2 Å². The molecule has 0 atom stereocenters. The second-order valence-electron chi connectivity index (χ2n) is 7.24. The fourth-order valence-electron chi connectivity index (χ4n) is 3.24. The Bertz CT molecular complexity index is 704. The smallest absolute Gasteiger partial charge is 0.270 e. The van der Waals surface area contributed by atoms with Gasteiger partial charge in [-0.25, -0.2) is 0 Å². The van der Waals surface area contributed by atoms with Gasteiger partial charge in [-0.1, -0.05) is 11.6 Å². The van der Waals surface area contributed by atoms with Crippen LogP contribution in [0.5, 0.6) is 5.75 Å². The average Bonchev–Trinajstić information content (AvgIpc) is 2.63. The monoisotopic (exact) mass is 395 g/mol. The zero-order valence-electron chi connectivity index (χ0n) is 15.8. The lowest BCUT2D eigenvalue weighted by Gasteiger charge is -2.38. The number of hydrogen-bond donors (Lipinski definition) is 1. The van der Waals surface area contributed by atoms with E-state index in [1.165, 1.54) is 0 Å². The van der Waals surface area contributed by atoms with Gasteiger partial charge < -0.3 is 19.7 Å². The van der Waals surface area contributed by atoms with E-state index in [0.717, 1.165) is 32.8 Å². The number of rotatable bonds is 6. The number of fused-ring (bicyclic) bond motifs is 1. The summed E-state index contributed by atoms with van der Waals surface area (Å²) in [5.74, 6) is 0.332. The minimum atomic E-state index is -0.979. The lowest BCUT2D eigenvalue weighted by Crippen LogP contribution is -2.53. The number of amides is 2. The lowest BCUT2D eigenvalue weighted by atomic mass is 10.0. The molecule has 2 amide bonds. The van der Waals surface area contributed by atoms with Crippen molar-refractivity contribution in [3.05, 3.63) is 23.2 Å². The third-order valence-corrected chi connectivity index (χ3v) is 4.99. The van der Waals surface area contributed by atoms with Crippen molar-refractivity contribution in [2.24, 2.45) is 0 Å². The third kappa shape index (κ3) is 4.91. The molecule has 2 aliphatic rings. The van der Waals surface area contributed by atoms with Crippen LogP contribution in [0.25, 0.3) is 0 Å². The Hall–Kier alpha value is -1.83. The molecule has 0 spiro atoms. The van der Waals surface area contributed by atoms with E-state index in [2.05, 4.69) is 10.2 Å². The number of hydrogen-bond acceptors (Lipinski definition) is 5. The van der Waals surface area contributed by atoms with Crippen LogP contribution >= 0.6 is 11.6 Å². The molecule has 1 N–H and O–H groups in total. The summed E-state index contributed by atoms with van der Waals surface area (Å²) >= 11 is 6.08. The molecule has 0 aromatic heterocycles. The standard InChI is InChI=1S/C19H26ClN3O4/c1-19(2)18(25)23(15-13-14(20)3-4-16(15)27-19)7-5-17(24)21-6-8-22-9-11-26-12-10-22/h3-4,13H,5-12H2,1-2H3,(H,21,24). The van der Waals surface area contributed by atoms with Crippen LogP contribution in [0.1, 0.15) is 20.3 Å². The van der Waals surface area contributed by atoms with Gasteiger partial charge in [0.2, 0.25) is 5.91 Å². The van der Waals surface area contributed by atoms with Gasteiger partial charge in [0.15, 0.2) is 5.60 Å². The fourth-order valence-corrected chi connectivity index (χ4v) is 3.41. The highest BCUT2D eigenvalue weighted by molar-refractivity contribution is 6.31. The second kappa shape index (κ2) is 8.46. The Balaban J connectivity index is 1.55. The molecule has 0 bridgehead atoms. The number of anilines is 1. The molecule has 1 saturated heterocycles. The van der Waals surface area contributed by atoms with Crippen LogP contribution in [-0.2, 0) is 14.3 Å². The SMILES string of the molecule is CC1(C)Oc2ccc(Cl)cc2N(CCC(=O)NCCN2CCOCC2)C1=O. The molecule has 8 heteroatoms. The molecule has 0 saturated carbocycles. The van der Waals surface area contributed by atoms with E-state index < -0.39 is 5.60 Å². The minimum absolute atomic E-state index is 0.0797. The Morgan fingerprint density at radius 1 is 1.26 bits per heavy atom. The van der Waals surface area contributed by atoms with Crippen molar-refractivity contribution < 1.29 is 19.1 Å². The third-order valence-electron chi connectivity index (χ3n) is 4.75. The van der Waals surface area contributed by atoms with Crippen LogP contribution in [0.15, 0.2) is 18.2 Å². The molecule has 0 radical (unpaired) electrons. The molecule has 148 valence electrons. The molecule has 2 heterocycles. The molecule has 2 aliphatic heterocycles. The van der Waals surface area contributed by atoms with E-state index in [1.807, 2.05) is 0 Å². The van der Waals surface area contributed by atoms with Crippen LogP contribution < -0.4 is 15.0 Å². The van der Waals surface area contributed by atoms with Gasteiger partial charge in [-0.2, -0.15) is 0 Å². The molecule has 7 nitrogen and oxygen atoms in total. The summed E-state index contributed by atoms with van der Waals surface area (Å²) in [6.07, 6.45) is 0.219. The quantitative estimate of drug-likeness (QED) is 0.793. The van der Waals surface area contributed by atoms with Crippen LogP contribution in [0, 0.1) is 0 Å². The Morgan fingerprint density at radius 3 is 2.74 bits per heavy atom. The van der Waals surface area contributed by atoms with Crippen molar-refractivity contribution >= 4 is 29.1 Å². The van der Waals surface area contributed by atoms with E-state index in [4.69, 9.17) is 21.1 Å². The maximum absolute atomic E-state index is 12.8. The van der Waals surface area contributed by atoms with Gasteiger partial charge in [0.1, 0.15) is 5.75 Å². The summed E-state index contributed by atoms with van der Waals surface area (Å²) in [6, 6.07) is 5.17. The van der Waals surface area contributed by atoms with E-state index in [9.17, 15) is 9.59 Å². The van der Waals surface area contributed by atoms with Gasteiger partial charge in [0, 0.05) is 44.2 Å². The first-order valence-electron chi connectivity index (χ1n) is 9.24. The van der Waals surface area contributed by atoms with Gasteiger partial charge in [0.25, 0.3) is 5.91 Å². The Kier molecular flexibility index (Phi) is 6.24. The Morgan fingerprint density at radius 2 is 2.00 bits per heavy atom. The first-order valence-corrected chi connectivity index (χ1v) is 9.62. The molecular formula is C19H26ClN3O4. The number of halogens is 1. The fraction of sp³-hybridized carbons (Fsp3) is 0.579. The van der Waals surface area contributed by atoms with Gasteiger partial charge in [0.05, 0.1) is 18.9 Å². The van der Waals surface area contributed by atoms with Gasteiger partial charge in [-0.3, -0.25) is 14.5 Å². The average molecular weight is 396 g/mol. The number of ether oxygens (including phenoxy) is 2. The maximum atomic E-state index is 12.8. The maximum Gasteiger partial charge on any atom is 0.270 e. The van der Waals surface area contributed by atoms with Crippen LogP contribution in [-0.4, -0.2) is 68.3 Å². The molecule has 1 aromatic carbocycles. The van der Waals surface area contributed by atoms with Crippen LogP contribution in [0.2, 0.25) is 5.02 Å². The zero-order valence-corrected chi connectivity index (χ0v) is 16.6. The number of benzene rings is 1. The van der Waals surface area contributed by atoms with Crippen molar-refractivity contribution in [3.8, 4) is 5.75 Å². The number of carbonyl (C=O) groups excluding carboxylic acids is 2. The number of nitrogens with zero attached hydrogens (tertiary/aromatic N) is 2. The van der Waals surface area contributed by atoms with Gasteiger partial charge >= 0.3 is 0 Å². The molecule has 1 fully saturated rings. The first kappa shape index (κ1) is 19.9. The summed E-state index contributed by atoms with van der Waals surface area (Å²) < 4.78 is 11.1. The van der Waals surface area contributed by atoms with E-state index in [-0.39, 0.29) is 24.8 Å². The molecule has 27 heavy (non-hydrogen) atoms. The summed E-state index contributed by atoms with van der Waals surface area (Å²) in [4.78, 5) is 28.8. The summed E-state index contributed by atoms with van der Waals surface area (Å²) in [5.41, 5.74) is -0.374. The molecule has 0 unspecified atom stereocenters. The van der Waals surface area contributed by atoms with Crippen LogP contribution in [0.3, 0.4) is 0 Å². The van der Waals surface area contributed by atoms with Crippen molar-refractivity contribution in [2.75, 3.05) is 50.8 Å². The molecule has 0 aliphatic carbocycles. The molecule has 1 aromatic rings. The van der Waals surface area contributed by atoms with Gasteiger partial charge in [-0.15, -0.1) is 0 Å². The highest BCUT2D eigenvalue weighted by atomic mass is 35.5. The highest BCUT2D eigenvalue weighted by Gasteiger charge is 2.40. The van der Waals surface area contributed by atoms with E-state index >= 15 is 0 Å². The van der Waals surface area contributed by atoms with Crippen molar-refractivity contribution in [3.63, 3.8) is 0 Å².